The second-order valence-corrected chi connectivity index (χ2v) is 7.01. The van der Waals surface area contributed by atoms with E-state index in [1.165, 1.54) is 0 Å². The molecule has 1 unspecified atom stereocenters. The molecule has 0 aromatic heterocycles. The highest BCUT2D eigenvalue weighted by molar-refractivity contribution is 9.10. The van der Waals surface area contributed by atoms with Crippen molar-refractivity contribution in [1.29, 1.82) is 0 Å². The molecule has 0 heterocycles. The average Bonchev–Trinajstić information content (AvgIpc) is 2.46. The molecule has 0 bridgehead atoms. The van der Waals surface area contributed by atoms with Gasteiger partial charge in [0.25, 0.3) is 0 Å². The van der Waals surface area contributed by atoms with Crippen LogP contribution in [0, 0.1) is 5.92 Å². The van der Waals surface area contributed by atoms with Gasteiger partial charge in [0.05, 0.1) is 0 Å². The number of amides is 3. The van der Waals surface area contributed by atoms with Gasteiger partial charge in [0.2, 0.25) is 5.91 Å². The van der Waals surface area contributed by atoms with Crippen molar-refractivity contribution in [2.24, 2.45) is 5.92 Å². The van der Waals surface area contributed by atoms with E-state index in [1.807, 2.05) is 13.8 Å². The molecule has 1 aromatic rings. The second kappa shape index (κ2) is 8.68. The number of carbonyl (C=O) groups is 3. The van der Waals surface area contributed by atoms with Gasteiger partial charge in [0, 0.05) is 10.2 Å². The van der Waals surface area contributed by atoms with Gasteiger partial charge in [0.15, 0.2) is 0 Å². The first-order chi connectivity index (χ1) is 11.1. The van der Waals surface area contributed by atoms with Crippen LogP contribution in [0.15, 0.2) is 28.7 Å². The normalized spacial score (nSPS) is 13.0. The molecule has 0 saturated carbocycles. The maximum Gasteiger partial charge on any atom is 0.322 e. The lowest BCUT2D eigenvalue weighted by Gasteiger charge is -2.31. The van der Waals surface area contributed by atoms with Crippen molar-refractivity contribution >= 4 is 39.5 Å². The number of carboxylic acid groups (broad SMARTS) is 1. The minimum atomic E-state index is -1.22. The molecule has 0 fully saturated rings. The molecule has 0 aliphatic rings. The Balaban J connectivity index is 2.79. The van der Waals surface area contributed by atoms with E-state index in [1.54, 1.807) is 31.2 Å². The van der Waals surface area contributed by atoms with Crippen LogP contribution in [0.3, 0.4) is 0 Å². The second-order valence-electron chi connectivity index (χ2n) is 6.09. The van der Waals surface area contributed by atoms with Gasteiger partial charge in [-0.1, -0.05) is 29.8 Å². The van der Waals surface area contributed by atoms with E-state index in [-0.39, 0.29) is 5.92 Å². The number of rotatable bonds is 7. The Morgan fingerprint density at radius 1 is 1.21 bits per heavy atom. The zero-order chi connectivity index (χ0) is 18.3. The van der Waals surface area contributed by atoms with Crippen LogP contribution in [0.25, 0.3) is 0 Å². The number of hydrogen-bond acceptors (Lipinski definition) is 3. The minimum Gasteiger partial charge on any atom is -0.480 e. The van der Waals surface area contributed by atoms with Crippen molar-refractivity contribution in [2.45, 2.75) is 32.7 Å². The Kier molecular flexibility index (Phi) is 7.21. The highest BCUT2D eigenvalue weighted by atomic mass is 79.9. The molecular weight excluding hydrogens is 378 g/mol. The summed E-state index contributed by atoms with van der Waals surface area (Å²) >= 11 is 3.31. The van der Waals surface area contributed by atoms with E-state index in [2.05, 4.69) is 31.9 Å². The van der Waals surface area contributed by atoms with Gasteiger partial charge in [-0.2, -0.15) is 0 Å². The van der Waals surface area contributed by atoms with E-state index in [0.717, 1.165) is 4.47 Å². The third kappa shape index (κ3) is 6.57. The highest BCUT2D eigenvalue weighted by Crippen LogP contribution is 2.18. The summed E-state index contributed by atoms with van der Waals surface area (Å²) in [6.07, 6.45) is 0.367. The summed E-state index contributed by atoms with van der Waals surface area (Å²) < 4.78 is 0.881. The van der Waals surface area contributed by atoms with Crippen molar-refractivity contribution in [2.75, 3.05) is 11.9 Å². The van der Waals surface area contributed by atoms with Crippen LogP contribution >= 0.6 is 15.9 Å². The Labute approximate surface area is 149 Å². The van der Waals surface area contributed by atoms with Crippen molar-refractivity contribution in [3.63, 3.8) is 0 Å². The molecule has 0 spiro atoms. The first-order valence-corrected chi connectivity index (χ1v) is 8.26. The number of carboxylic acids is 1. The predicted molar refractivity (Wildman–Crippen MR) is 94.8 cm³/mol. The Bertz CT molecular complexity index is 604. The molecular formula is C16H22BrN3O4. The number of urea groups is 1. The fourth-order valence-electron chi connectivity index (χ4n) is 2.31. The maximum atomic E-state index is 12.3. The zero-order valence-electron chi connectivity index (χ0n) is 13.9. The third-order valence-corrected chi connectivity index (χ3v) is 3.74. The molecule has 0 radical (unpaired) electrons. The number of aliphatic carboxylic acids is 1. The SMILES string of the molecule is CC(C)CC(C)(NC(=O)Nc1ccc(Br)cc1)C(=O)NCC(=O)O. The standard InChI is InChI=1S/C16H22BrN3O4/c1-10(2)8-16(3,14(23)18-9-13(21)22)20-15(24)19-12-6-4-11(17)5-7-12/h4-7,10H,8-9H2,1-3H3,(H,18,23)(H,21,22)(H2,19,20,24). The van der Waals surface area contributed by atoms with Crippen molar-refractivity contribution in [3.05, 3.63) is 28.7 Å². The lowest BCUT2D eigenvalue weighted by molar-refractivity contribution is -0.139. The Morgan fingerprint density at radius 3 is 2.29 bits per heavy atom. The first-order valence-electron chi connectivity index (χ1n) is 7.47. The molecule has 0 aliphatic carbocycles. The topological polar surface area (TPSA) is 108 Å². The van der Waals surface area contributed by atoms with E-state index in [0.29, 0.717) is 12.1 Å². The molecule has 7 nitrogen and oxygen atoms in total. The van der Waals surface area contributed by atoms with Crippen molar-refractivity contribution in [1.82, 2.24) is 10.6 Å². The number of hydrogen-bond donors (Lipinski definition) is 4. The summed E-state index contributed by atoms with van der Waals surface area (Å²) in [6, 6.07) is 6.46. The Hall–Kier alpha value is -2.09. The van der Waals surface area contributed by atoms with Gasteiger partial charge < -0.3 is 21.1 Å². The van der Waals surface area contributed by atoms with E-state index >= 15 is 0 Å². The van der Waals surface area contributed by atoms with Crippen LogP contribution in [0.5, 0.6) is 0 Å². The summed E-state index contributed by atoms with van der Waals surface area (Å²) in [6.45, 7) is 4.90. The summed E-state index contributed by atoms with van der Waals surface area (Å²) in [4.78, 5) is 35.1. The zero-order valence-corrected chi connectivity index (χ0v) is 15.4. The number of anilines is 1. The smallest absolute Gasteiger partial charge is 0.322 e. The van der Waals surface area contributed by atoms with Gasteiger partial charge in [0.1, 0.15) is 12.1 Å². The lowest BCUT2D eigenvalue weighted by atomic mass is 9.89. The van der Waals surface area contributed by atoms with Gasteiger partial charge in [-0.15, -0.1) is 0 Å². The number of halogens is 1. The third-order valence-electron chi connectivity index (χ3n) is 3.21. The van der Waals surface area contributed by atoms with Crippen molar-refractivity contribution < 1.29 is 19.5 Å². The summed E-state index contributed by atoms with van der Waals surface area (Å²) in [5, 5.41) is 16.3. The van der Waals surface area contributed by atoms with Crippen LogP contribution in [0.4, 0.5) is 10.5 Å². The quantitative estimate of drug-likeness (QED) is 0.564. The van der Waals surface area contributed by atoms with E-state index < -0.39 is 30.0 Å². The van der Waals surface area contributed by atoms with Crippen LogP contribution in [0.1, 0.15) is 27.2 Å². The van der Waals surface area contributed by atoms with E-state index in [9.17, 15) is 14.4 Å². The molecule has 0 saturated heterocycles. The van der Waals surface area contributed by atoms with Crippen LogP contribution in [0.2, 0.25) is 0 Å². The molecule has 8 heteroatoms. The number of carbonyl (C=O) groups excluding carboxylic acids is 2. The first kappa shape index (κ1) is 20.0. The monoisotopic (exact) mass is 399 g/mol. The summed E-state index contributed by atoms with van der Waals surface area (Å²) in [5.41, 5.74) is -0.642. The lowest BCUT2D eigenvalue weighted by Crippen LogP contribution is -2.58. The minimum absolute atomic E-state index is 0.124. The molecule has 1 rings (SSSR count). The van der Waals surface area contributed by atoms with Crippen molar-refractivity contribution in [3.8, 4) is 0 Å². The molecule has 0 aliphatic heterocycles. The Morgan fingerprint density at radius 2 is 1.79 bits per heavy atom. The molecule has 1 atom stereocenters. The molecule has 24 heavy (non-hydrogen) atoms. The van der Waals surface area contributed by atoms with Gasteiger partial charge >= 0.3 is 12.0 Å². The fraction of sp³-hybridized carbons (Fsp3) is 0.438. The average molecular weight is 400 g/mol. The van der Waals surface area contributed by atoms with Crippen LogP contribution in [-0.4, -0.2) is 35.1 Å². The summed E-state index contributed by atoms with van der Waals surface area (Å²) in [7, 11) is 0. The fourth-order valence-corrected chi connectivity index (χ4v) is 2.58. The maximum absolute atomic E-state index is 12.3. The number of benzene rings is 1. The van der Waals surface area contributed by atoms with Crippen LogP contribution < -0.4 is 16.0 Å². The van der Waals surface area contributed by atoms with Gasteiger partial charge in [-0.25, -0.2) is 4.79 Å². The molecule has 3 amide bonds. The van der Waals surface area contributed by atoms with Gasteiger partial charge in [-0.3, -0.25) is 9.59 Å². The molecule has 4 N–H and O–H groups in total. The highest BCUT2D eigenvalue weighted by Gasteiger charge is 2.35. The number of nitrogens with one attached hydrogen (secondary N) is 3. The van der Waals surface area contributed by atoms with E-state index in [4.69, 9.17) is 5.11 Å². The summed E-state index contributed by atoms with van der Waals surface area (Å²) in [5.74, 6) is -1.56. The van der Waals surface area contributed by atoms with Gasteiger partial charge in [-0.05, 0) is 43.5 Å². The largest absolute Gasteiger partial charge is 0.480 e. The predicted octanol–water partition coefficient (Wildman–Crippen LogP) is 2.58. The van der Waals surface area contributed by atoms with Crippen LogP contribution in [-0.2, 0) is 9.59 Å². The molecule has 1 aromatic carbocycles. The molecule has 132 valence electrons.